The van der Waals surface area contributed by atoms with Crippen LogP contribution in [0.3, 0.4) is 0 Å². The molecule has 0 radical (unpaired) electrons. The number of ether oxygens (including phenoxy) is 2. The van der Waals surface area contributed by atoms with Crippen LogP contribution in [0, 0.1) is 0 Å². The summed E-state index contributed by atoms with van der Waals surface area (Å²) < 4.78 is 10.7. The zero-order valence-corrected chi connectivity index (χ0v) is 10.8. The van der Waals surface area contributed by atoms with Crippen molar-refractivity contribution in [1.29, 1.82) is 0 Å². The smallest absolute Gasteiger partial charge is 0.296 e. The number of carbonyl (C=O) groups is 1. The normalized spacial score (nSPS) is 20.1. The van der Waals surface area contributed by atoms with E-state index in [1.165, 1.54) is 10.8 Å². The fraction of sp³-hybridized carbons (Fsp3) is 0.188. The molecule has 0 aromatic heterocycles. The molecule has 4 rings (SSSR count). The van der Waals surface area contributed by atoms with Gasteiger partial charge in [0, 0.05) is 12.7 Å². The summed E-state index contributed by atoms with van der Waals surface area (Å²) in [5.74, 6) is 0.686. The number of rotatable bonds is 0. The summed E-state index contributed by atoms with van der Waals surface area (Å²) in [5, 5.41) is 2.22. The number of fused-ring (bicyclic) bond motifs is 4. The first-order chi connectivity index (χ1) is 9.83. The van der Waals surface area contributed by atoms with Crippen LogP contribution in [0.25, 0.3) is 11.8 Å². The molecular weight excluding hydrogens is 254 g/mol. The second kappa shape index (κ2) is 4.27. The van der Waals surface area contributed by atoms with E-state index in [1.54, 1.807) is 4.90 Å². The van der Waals surface area contributed by atoms with Crippen LogP contribution < -0.4 is 10.4 Å². The molecule has 3 aliphatic rings. The number of nitrogens with zero attached hydrogens (tertiary/aromatic N) is 1. The summed E-state index contributed by atoms with van der Waals surface area (Å²) in [7, 11) is 0. The Morgan fingerprint density at radius 3 is 2.95 bits per heavy atom. The summed E-state index contributed by atoms with van der Waals surface area (Å²) in [5.41, 5.74) is 1.21. The van der Waals surface area contributed by atoms with Crippen LogP contribution in [0.5, 0.6) is 0 Å². The lowest BCUT2D eigenvalue weighted by Gasteiger charge is -2.16. The molecule has 0 spiro atoms. The van der Waals surface area contributed by atoms with Crippen LogP contribution in [0.1, 0.15) is 6.42 Å². The minimum atomic E-state index is -0.139. The van der Waals surface area contributed by atoms with Gasteiger partial charge in [0.15, 0.2) is 5.76 Å². The van der Waals surface area contributed by atoms with E-state index in [2.05, 4.69) is 6.07 Å². The maximum atomic E-state index is 12.5. The standard InChI is InChI=1S/C16H13NO3/c18-16-15-14(19-10-20-15)6-5-11-7-8-17(16)9-12-3-1-2-4-13(11)12/h1-6,9H,7-8,10H2. The Morgan fingerprint density at radius 1 is 1.10 bits per heavy atom. The highest BCUT2D eigenvalue weighted by atomic mass is 16.7. The molecule has 3 aliphatic heterocycles. The van der Waals surface area contributed by atoms with E-state index in [1.807, 2.05) is 36.6 Å². The fourth-order valence-electron chi connectivity index (χ4n) is 2.73. The van der Waals surface area contributed by atoms with Gasteiger partial charge in [0.2, 0.25) is 12.6 Å². The highest BCUT2D eigenvalue weighted by Crippen LogP contribution is 2.23. The van der Waals surface area contributed by atoms with Gasteiger partial charge < -0.3 is 14.4 Å². The molecule has 1 aromatic carbocycles. The van der Waals surface area contributed by atoms with Crippen molar-refractivity contribution in [3.05, 3.63) is 58.4 Å². The third kappa shape index (κ3) is 1.65. The zero-order valence-electron chi connectivity index (χ0n) is 10.8. The Balaban J connectivity index is 2.03. The van der Waals surface area contributed by atoms with Crippen LogP contribution in [0.2, 0.25) is 0 Å². The third-order valence-electron chi connectivity index (χ3n) is 3.76. The topological polar surface area (TPSA) is 38.8 Å². The van der Waals surface area contributed by atoms with Crippen LogP contribution in [0.15, 0.2) is 47.9 Å². The van der Waals surface area contributed by atoms with Crippen molar-refractivity contribution in [3.63, 3.8) is 0 Å². The minimum absolute atomic E-state index is 0.108. The zero-order chi connectivity index (χ0) is 13.5. The van der Waals surface area contributed by atoms with Crippen molar-refractivity contribution in [3.8, 4) is 0 Å². The summed E-state index contributed by atoms with van der Waals surface area (Å²) in [6.45, 7) is 0.754. The lowest BCUT2D eigenvalue weighted by atomic mass is 10.1. The maximum absolute atomic E-state index is 12.5. The van der Waals surface area contributed by atoms with Crippen molar-refractivity contribution in [2.24, 2.45) is 0 Å². The van der Waals surface area contributed by atoms with E-state index in [0.717, 1.165) is 11.6 Å². The highest BCUT2D eigenvalue weighted by molar-refractivity contribution is 5.95. The summed E-state index contributed by atoms with van der Waals surface area (Å²) >= 11 is 0. The van der Waals surface area contributed by atoms with Crippen molar-refractivity contribution in [2.45, 2.75) is 6.42 Å². The predicted octanol–water partition coefficient (Wildman–Crippen LogP) is 0.593. The predicted molar refractivity (Wildman–Crippen MR) is 73.1 cm³/mol. The van der Waals surface area contributed by atoms with Gasteiger partial charge in [0.1, 0.15) is 0 Å². The lowest BCUT2D eigenvalue weighted by Crippen LogP contribution is -2.32. The molecule has 2 bridgehead atoms. The Bertz CT molecular complexity index is 773. The molecule has 0 N–H and O–H groups in total. The first-order valence-electron chi connectivity index (χ1n) is 6.62. The van der Waals surface area contributed by atoms with Crippen LogP contribution >= 0.6 is 0 Å². The molecule has 1 aromatic rings. The minimum Gasteiger partial charge on any atom is -0.453 e. The molecule has 100 valence electrons. The van der Waals surface area contributed by atoms with E-state index >= 15 is 0 Å². The Morgan fingerprint density at radius 2 is 2.00 bits per heavy atom. The van der Waals surface area contributed by atoms with E-state index in [9.17, 15) is 4.79 Å². The van der Waals surface area contributed by atoms with E-state index in [4.69, 9.17) is 9.47 Å². The second-order valence-electron chi connectivity index (χ2n) is 4.92. The average Bonchev–Trinajstić information content (AvgIpc) is 2.87. The van der Waals surface area contributed by atoms with Gasteiger partial charge in [-0.25, -0.2) is 0 Å². The van der Waals surface area contributed by atoms with Gasteiger partial charge in [0.25, 0.3) is 5.91 Å². The molecule has 3 heterocycles. The lowest BCUT2D eigenvalue weighted by molar-refractivity contribution is -0.127. The molecule has 0 aliphatic carbocycles. The van der Waals surface area contributed by atoms with Crippen molar-refractivity contribution < 1.29 is 14.3 Å². The van der Waals surface area contributed by atoms with Gasteiger partial charge >= 0.3 is 0 Å². The van der Waals surface area contributed by atoms with Crippen molar-refractivity contribution in [2.75, 3.05) is 13.3 Å². The molecular formula is C16H13NO3. The van der Waals surface area contributed by atoms with Gasteiger partial charge in [-0.1, -0.05) is 30.3 Å². The first-order valence-corrected chi connectivity index (χ1v) is 6.62. The molecule has 1 amide bonds. The number of benzene rings is 1. The van der Waals surface area contributed by atoms with E-state index < -0.39 is 0 Å². The average molecular weight is 267 g/mol. The molecule has 0 saturated carbocycles. The SMILES string of the molecule is O=C1C2=C(C=CC3=c4ccccc4=CN1CC3)OCO2. The summed E-state index contributed by atoms with van der Waals surface area (Å²) in [4.78, 5) is 14.3. The molecule has 4 nitrogen and oxygen atoms in total. The number of amides is 1. The largest absolute Gasteiger partial charge is 0.453 e. The van der Waals surface area contributed by atoms with E-state index in [0.29, 0.717) is 18.1 Å². The van der Waals surface area contributed by atoms with Gasteiger partial charge in [-0.2, -0.15) is 0 Å². The first kappa shape index (κ1) is 11.3. The van der Waals surface area contributed by atoms with Crippen LogP contribution in [-0.4, -0.2) is 24.1 Å². The molecule has 20 heavy (non-hydrogen) atoms. The maximum Gasteiger partial charge on any atom is 0.296 e. The Kier molecular flexibility index (Phi) is 2.42. The van der Waals surface area contributed by atoms with Crippen molar-refractivity contribution >= 4 is 17.7 Å². The van der Waals surface area contributed by atoms with Gasteiger partial charge in [-0.15, -0.1) is 0 Å². The molecule has 0 atom stereocenters. The summed E-state index contributed by atoms with van der Waals surface area (Å²) in [6, 6.07) is 8.11. The Labute approximate surface area is 115 Å². The van der Waals surface area contributed by atoms with Crippen LogP contribution in [-0.2, 0) is 14.3 Å². The Hall–Kier alpha value is -2.49. The summed E-state index contributed by atoms with van der Waals surface area (Å²) in [6.07, 6.45) is 6.58. The molecule has 0 unspecified atom stereocenters. The van der Waals surface area contributed by atoms with Gasteiger partial charge in [-0.05, 0) is 28.5 Å². The second-order valence-corrected chi connectivity index (χ2v) is 4.92. The number of hydrogen-bond donors (Lipinski definition) is 0. The van der Waals surface area contributed by atoms with E-state index in [-0.39, 0.29) is 12.7 Å². The van der Waals surface area contributed by atoms with Crippen molar-refractivity contribution in [1.82, 2.24) is 4.90 Å². The molecule has 0 saturated heterocycles. The monoisotopic (exact) mass is 267 g/mol. The number of allylic oxidation sites excluding steroid dienone is 2. The van der Waals surface area contributed by atoms with Gasteiger partial charge in [0.05, 0.1) is 0 Å². The highest BCUT2D eigenvalue weighted by Gasteiger charge is 2.28. The van der Waals surface area contributed by atoms with Gasteiger partial charge in [-0.3, -0.25) is 4.79 Å². The fourth-order valence-corrected chi connectivity index (χ4v) is 2.73. The quantitative estimate of drug-likeness (QED) is 0.690. The van der Waals surface area contributed by atoms with Crippen LogP contribution in [0.4, 0.5) is 0 Å². The third-order valence-corrected chi connectivity index (χ3v) is 3.76. The number of hydrogen-bond acceptors (Lipinski definition) is 3. The molecule has 0 fully saturated rings. The molecule has 4 heteroatoms. The number of carbonyl (C=O) groups excluding carboxylic acids is 1.